The molecule has 0 saturated heterocycles. The molecule has 0 spiro atoms. The van der Waals surface area contributed by atoms with Crippen LogP contribution in [0.2, 0.25) is 0 Å². The van der Waals surface area contributed by atoms with E-state index in [2.05, 4.69) is 4.98 Å². The molecule has 1 fully saturated rings. The zero-order valence-electron chi connectivity index (χ0n) is 11.7. The molecule has 0 amide bonds. The number of pyridine rings is 1. The Morgan fingerprint density at radius 3 is 2.65 bits per heavy atom. The van der Waals surface area contributed by atoms with Gasteiger partial charge in [-0.15, -0.1) is 0 Å². The minimum atomic E-state index is -3.10. The Bertz CT molecular complexity index is 569. The van der Waals surface area contributed by atoms with Gasteiger partial charge in [0.15, 0.2) is 0 Å². The van der Waals surface area contributed by atoms with Crippen LogP contribution in [-0.4, -0.2) is 30.0 Å². The molecular formula is C14H20FNO3S. The first kappa shape index (κ1) is 15.4. The second-order valence-electron chi connectivity index (χ2n) is 5.82. The predicted octanol–water partition coefficient (Wildman–Crippen LogP) is 2.03. The van der Waals surface area contributed by atoms with Gasteiger partial charge in [-0.05, 0) is 44.2 Å². The zero-order valence-corrected chi connectivity index (χ0v) is 12.5. The highest BCUT2D eigenvalue weighted by Gasteiger charge is 2.40. The Kier molecular flexibility index (Phi) is 4.16. The van der Waals surface area contributed by atoms with Crippen molar-refractivity contribution in [3.05, 3.63) is 29.8 Å². The summed E-state index contributed by atoms with van der Waals surface area (Å²) in [5.41, 5.74) is -0.852. The fourth-order valence-corrected chi connectivity index (χ4v) is 4.11. The highest BCUT2D eigenvalue weighted by atomic mass is 32.2. The summed E-state index contributed by atoms with van der Waals surface area (Å²) >= 11 is 0. The summed E-state index contributed by atoms with van der Waals surface area (Å²) in [4.78, 5) is 3.94. The van der Waals surface area contributed by atoms with Crippen LogP contribution in [0.4, 0.5) is 4.39 Å². The highest BCUT2D eigenvalue weighted by Crippen LogP contribution is 2.40. The Morgan fingerprint density at radius 2 is 2.10 bits per heavy atom. The molecule has 1 aliphatic carbocycles. The maximum absolute atomic E-state index is 12.9. The van der Waals surface area contributed by atoms with E-state index in [4.69, 9.17) is 0 Å². The third-order valence-corrected chi connectivity index (χ3v) is 5.91. The van der Waals surface area contributed by atoms with Gasteiger partial charge in [-0.2, -0.15) is 0 Å². The Labute approximate surface area is 119 Å². The summed E-state index contributed by atoms with van der Waals surface area (Å²) in [5, 5.41) is 10.3. The number of hydrogen-bond donors (Lipinski definition) is 1. The standard InChI is InChI=1S/C14H20FNO3S/c1-14(17,13-7-6-11(15)9-16-13)10-4-3-5-12(8-10)20(2,18)19/h6-7,9-10,12,17H,3-5,8H2,1-2H3. The molecule has 1 aliphatic rings. The molecule has 0 aliphatic heterocycles. The molecule has 112 valence electrons. The Hall–Kier alpha value is -1.01. The summed E-state index contributed by atoms with van der Waals surface area (Å²) in [5.74, 6) is -0.642. The van der Waals surface area contributed by atoms with E-state index in [0.29, 0.717) is 18.5 Å². The summed E-state index contributed by atoms with van der Waals surface area (Å²) in [6.45, 7) is 1.63. The summed E-state index contributed by atoms with van der Waals surface area (Å²) in [6.07, 6.45) is 4.89. The lowest BCUT2D eigenvalue weighted by Gasteiger charge is -2.37. The van der Waals surface area contributed by atoms with Gasteiger partial charge in [0.2, 0.25) is 0 Å². The van der Waals surface area contributed by atoms with E-state index in [1.807, 2.05) is 0 Å². The van der Waals surface area contributed by atoms with Crippen LogP contribution in [0.5, 0.6) is 0 Å². The van der Waals surface area contributed by atoms with E-state index < -0.39 is 26.5 Å². The van der Waals surface area contributed by atoms with E-state index >= 15 is 0 Å². The van der Waals surface area contributed by atoms with Crippen molar-refractivity contribution in [2.24, 2.45) is 5.92 Å². The minimum Gasteiger partial charge on any atom is -0.384 e. The lowest BCUT2D eigenvalue weighted by molar-refractivity contribution is -0.0246. The number of aromatic nitrogens is 1. The molecule has 3 atom stereocenters. The third kappa shape index (κ3) is 3.17. The maximum Gasteiger partial charge on any atom is 0.150 e. The fraction of sp³-hybridized carbons (Fsp3) is 0.643. The second-order valence-corrected chi connectivity index (χ2v) is 8.15. The van der Waals surface area contributed by atoms with Crippen LogP contribution in [0.1, 0.15) is 38.3 Å². The Morgan fingerprint density at radius 1 is 1.40 bits per heavy atom. The van der Waals surface area contributed by atoms with Gasteiger partial charge < -0.3 is 5.11 Å². The molecular weight excluding hydrogens is 281 g/mol. The first-order valence-electron chi connectivity index (χ1n) is 6.74. The second kappa shape index (κ2) is 5.41. The molecule has 1 saturated carbocycles. The van der Waals surface area contributed by atoms with Crippen molar-refractivity contribution in [3.8, 4) is 0 Å². The van der Waals surface area contributed by atoms with E-state index in [0.717, 1.165) is 19.0 Å². The number of nitrogens with zero attached hydrogens (tertiary/aromatic N) is 1. The maximum atomic E-state index is 12.9. The lowest BCUT2D eigenvalue weighted by atomic mass is 9.76. The number of rotatable bonds is 3. The van der Waals surface area contributed by atoms with Crippen LogP contribution < -0.4 is 0 Å². The summed E-state index contributed by atoms with van der Waals surface area (Å²) < 4.78 is 36.3. The summed E-state index contributed by atoms with van der Waals surface area (Å²) in [6, 6.07) is 2.72. The number of hydrogen-bond acceptors (Lipinski definition) is 4. The monoisotopic (exact) mass is 301 g/mol. The molecule has 2 rings (SSSR count). The molecule has 1 aromatic rings. The van der Waals surface area contributed by atoms with Gasteiger partial charge in [0.1, 0.15) is 21.3 Å². The van der Waals surface area contributed by atoms with Gasteiger partial charge in [-0.3, -0.25) is 4.98 Å². The topological polar surface area (TPSA) is 67.3 Å². The van der Waals surface area contributed by atoms with Crippen LogP contribution >= 0.6 is 0 Å². The van der Waals surface area contributed by atoms with Crippen molar-refractivity contribution in [1.82, 2.24) is 4.98 Å². The van der Waals surface area contributed by atoms with Crippen molar-refractivity contribution in [2.45, 2.75) is 43.5 Å². The molecule has 1 aromatic heterocycles. The van der Waals surface area contributed by atoms with Crippen LogP contribution in [0.25, 0.3) is 0 Å². The molecule has 0 bridgehead atoms. The number of aliphatic hydroxyl groups is 1. The first-order valence-corrected chi connectivity index (χ1v) is 8.70. The van der Waals surface area contributed by atoms with Gasteiger partial charge in [-0.1, -0.05) is 6.42 Å². The molecule has 20 heavy (non-hydrogen) atoms. The van der Waals surface area contributed by atoms with E-state index in [9.17, 15) is 17.9 Å². The fourth-order valence-electron chi connectivity index (χ4n) is 2.93. The van der Waals surface area contributed by atoms with Crippen LogP contribution in [0.3, 0.4) is 0 Å². The average molecular weight is 301 g/mol. The predicted molar refractivity (Wildman–Crippen MR) is 74.4 cm³/mol. The number of halogens is 1. The van der Waals surface area contributed by atoms with Crippen LogP contribution in [-0.2, 0) is 15.4 Å². The first-order chi connectivity index (χ1) is 9.21. The van der Waals surface area contributed by atoms with E-state index in [-0.39, 0.29) is 5.92 Å². The molecule has 0 aromatic carbocycles. The van der Waals surface area contributed by atoms with Gasteiger partial charge >= 0.3 is 0 Å². The van der Waals surface area contributed by atoms with Gasteiger partial charge in [0.25, 0.3) is 0 Å². The summed E-state index contributed by atoms with van der Waals surface area (Å²) in [7, 11) is -3.10. The third-order valence-electron chi connectivity index (χ3n) is 4.27. The van der Waals surface area contributed by atoms with Crippen molar-refractivity contribution in [3.63, 3.8) is 0 Å². The molecule has 1 heterocycles. The van der Waals surface area contributed by atoms with Crippen molar-refractivity contribution >= 4 is 9.84 Å². The van der Waals surface area contributed by atoms with Gasteiger partial charge in [0, 0.05) is 6.26 Å². The van der Waals surface area contributed by atoms with Crippen LogP contribution in [0, 0.1) is 11.7 Å². The van der Waals surface area contributed by atoms with Gasteiger partial charge in [-0.25, -0.2) is 12.8 Å². The van der Waals surface area contributed by atoms with E-state index in [1.165, 1.54) is 18.4 Å². The normalized spacial score (nSPS) is 27.0. The average Bonchev–Trinajstić information content (AvgIpc) is 2.38. The lowest BCUT2D eigenvalue weighted by Crippen LogP contribution is -2.39. The van der Waals surface area contributed by atoms with Crippen LogP contribution in [0.15, 0.2) is 18.3 Å². The zero-order chi connectivity index (χ0) is 15.0. The number of sulfone groups is 1. The minimum absolute atomic E-state index is 0.186. The van der Waals surface area contributed by atoms with Crippen molar-refractivity contribution in [1.29, 1.82) is 0 Å². The SMILES string of the molecule is CC(O)(c1ccc(F)cn1)C1CCCC(S(C)(=O)=O)C1. The highest BCUT2D eigenvalue weighted by molar-refractivity contribution is 7.91. The largest absolute Gasteiger partial charge is 0.384 e. The van der Waals surface area contributed by atoms with E-state index in [1.54, 1.807) is 6.92 Å². The van der Waals surface area contributed by atoms with Gasteiger partial charge in [0.05, 0.1) is 17.1 Å². The molecule has 3 unspecified atom stereocenters. The molecule has 4 nitrogen and oxygen atoms in total. The van der Waals surface area contributed by atoms with Crippen molar-refractivity contribution < 1.29 is 17.9 Å². The molecule has 6 heteroatoms. The Balaban J connectivity index is 2.23. The molecule has 1 N–H and O–H groups in total. The quantitative estimate of drug-likeness (QED) is 0.927. The van der Waals surface area contributed by atoms with Crippen molar-refractivity contribution in [2.75, 3.05) is 6.26 Å². The molecule has 0 radical (unpaired) electrons. The smallest absolute Gasteiger partial charge is 0.150 e.